The fourth-order valence-electron chi connectivity index (χ4n) is 3.32. The predicted octanol–water partition coefficient (Wildman–Crippen LogP) is 2.56. The second-order valence-electron chi connectivity index (χ2n) is 6.85. The number of imidazole rings is 1. The van der Waals surface area contributed by atoms with Gasteiger partial charge in [0, 0.05) is 14.1 Å². The number of furan rings is 1. The molecular formula is C21H19N3O6S. The number of benzene rings is 2. The van der Waals surface area contributed by atoms with Gasteiger partial charge in [-0.2, -0.15) is 0 Å². The average Bonchev–Trinajstić information content (AvgIpc) is 3.38. The van der Waals surface area contributed by atoms with Crippen LogP contribution in [0.2, 0.25) is 0 Å². The van der Waals surface area contributed by atoms with Crippen molar-refractivity contribution in [1.82, 2.24) is 9.13 Å². The van der Waals surface area contributed by atoms with Crippen LogP contribution in [0.3, 0.4) is 0 Å². The summed E-state index contributed by atoms with van der Waals surface area (Å²) in [4.78, 5) is 24.8. The van der Waals surface area contributed by atoms with Crippen molar-refractivity contribution >= 4 is 32.5 Å². The van der Waals surface area contributed by atoms with E-state index < -0.39 is 15.7 Å². The Kier molecular flexibility index (Phi) is 4.94. The van der Waals surface area contributed by atoms with E-state index in [2.05, 4.69) is 5.32 Å². The van der Waals surface area contributed by atoms with Gasteiger partial charge in [-0.05, 0) is 48.5 Å². The van der Waals surface area contributed by atoms with Gasteiger partial charge >= 0.3 is 5.69 Å². The maximum absolute atomic E-state index is 13.5. The zero-order valence-corrected chi connectivity index (χ0v) is 17.8. The highest BCUT2D eigenvalue weighted by molar-refractivity contribution is 7.91. The molecule has 160 valence electrons. The van der Waals surface area contributed by atoms with Crippen molar-refractivity contribution < 1.29 is 22.4 Å². The minimum Gasteiger partial charge on any atom is -0.497 e. The first kappa shape index (κ1) is 20.5. The highest BCUT2D eigenvalue weighted by atomic mass is 32.2. The maximum atomic E-state index is 13.5. The molecule has 2 aromatic heterocycles. The molecule has 1 N–H and O–H groups in total. The van der Waals surface area contributed by atoms with Crippen LogP contribution >= 0.6 is 0 Å². The summed E-state index contributed by atoms with van der Waals surface area (Å²) in [5, 5.41) is 2.60. The van der Waals surface area contributed by atoms with Crippen LogP contribution in [0.5, 0.6) is 5.75 Å². The predicted molar refractivity (Wildman–Crippen MR) is 113 cm³/mol. The average molecular weight is 441 g/mol. The zero-order valence-electron chi connectivity index (χ0n) is 16.9. The van der Waals surface area contributed by atoms with Gasteiger partial charge < -0.3 is 14.5 Å². The quantitative estimate of drug-likeness (QED) is 0.509. The third kappa shape index (κ3) is 3.40. The number of carbonyl (C=O) groups excluding carboxylic acids is 1. The van der Waals surface area contributed by atoms with Gasteiger partial charge in [0.1, 0.15) is 5.75 Å². The van der Waals surface area contributed by atoms with Crippen molar-refractivity contribution in [2.24, 2.45) is 14.1 Å². The van der Waals surface area contributed by atoms with E-state index in [1.165, 1.54) is 65.0 Å². The number of aryl methyl sites for hydroxylation is 2. The summed E-state index contributed by atoms with van der Waals surface area (Å²) in [7, 11) is 0.556. The molecular weight excluding hydrogens is 422 g/mol. The van der Waals surface area contributed by atoms with Crippen molar-refractivity contribution in [2.75, 3.05) is 12.4 Å². The molecule has 0 aliphatic carbocycles. The Bertz CT molecular complexity index is 1450. The fourth-order valence-corrected chi connectivity index (χ4v) is 4.73. The molecule has 0 atom stereocenters. The number of hydrogen-bond acceptors (Lipinski definition) is 6. The number of anilines is 1. The first-order chi connectivity index (χ1) is 14.7. The Morgan fingerprint density at radius 3 is 2.26 bits per heavy atom. The number of hydrogen-bond donors (Lipinski definition) is 1. The Labute approximate surface area is 177 Å². The van der Waals surface area contributed by atoms with Gasteiger partial charge in [0.2, 0.25) is 9.84 Å². The van der Waals surface area contributed by atoms with Crippen molar-refractivity contribution in [1.29, 1.82) is 0 Å². The third-order valence-electron chi connectivity index (χ3n) is 5.03. The maximum Gasteiger partial charge on any atom is 0.328 e. The molecule has 0 unspecified atom stereocenters. The number of sulfone groups is 1. The van der Waals surface area contributed by atoms with Gasteiger partial charge in [-0.15, -0.1) is 0 Å². The number of nitrogens with one attached hydrogen (secondary N) is 1. The standard InChI is InChI=1S/C21H19N3O6S/c1-23-16-11-15(22-20(25)18-5-4-10-30-18)19(12-17(16)24(2)21(23)26)31(27,28)14-8-6-13(29-3)7-9-14/h4-12H,1-3H3,(H,22,25). The summed E-state index contributed by atoms with van der Waals surface area (Å²) in [6.07, 6.45) is 1.34. The van der Waals surface area contributed by atoms with Crippen LogP contribution in [-0.4, -0.2) is 30.6 Å². The lowest BCUT2D eigenvalue weighted by molar-refractivity contribution is 0.0996. The van der Waals surface area contributed by atoms with Crippen LogP contribution in [0.1, 0.15) is 10.6 Å². The zero-order chi connectivity index (χ0) is 22.3. The Hall–Kier alpha value is -3.79. The van der Waals surface area contributed by atoms with Crippen molar-refractivity contribution in [3.05, 3.63) is 71.0 Å². The van der Waals surface area contributed by atoms with Crippen LogP contribution in [0.25, 0.3) is 11.0 Å². The number of methoxy groups -OCH3 is 1. The molecule has 2 heterocycles. The van der Waals surface area contributed by atoms with Gasteiger partial charge in [-0.3, -0.25) is 13.9 Å². The smallest absolute Gasteiger partial charge is 0.328 e. The molecule has 0 radical (unpaired) electrons. The summed E-state index contributed by atoms with van der Waals surface area (Å²) in [6.45, 7) is 0. The Balaban J connectivity index is 1.93. The molecule has 0 bridgehead atoms. The molecule has 2 aromatic carbocycles. The first-order valence-electron chi connectivity index (χ1n) is 9.17. The Morgan fingerprint density at radius 1 is 1.03 bits per heavy atom. The molecule has 10 heteroatoms. The number of fused-ring (bicyclic) bond motifs is 1. The number of aromatic nitrogens is 2. The van der Waals surface area contributed by atoms with Gasteiger partial charge in [-0.25, -0.2) is 13.2 Å². The van der Waals surface area contributed by atoms with Crippen LogP contribution < -0.4 is 15.7 Å². The molecule has 0 saturated carbocycles. The van der Waals surface area contributed by atoms with Crippen LogP contribution in [0.4, 0.5) is 5.69 Å². The number of rotatable bonds is 5. The SMILES string of the molecule is COc1ccc(S(=O)(=O)c2cc3c(cc2NC(=O)c2ccco2)n(C)c(=O)n3C)cc1. The summed E-state index contributed by atoms with van der Waals surface area (Å²) >= 11 is 0. The highest BCUT2D eigenvalue weighted by Gasteiger charge is 2.26. The summed E-state index contributed by atoms with van der Waals surface area (Å²) in [6, 6.07) is 11.8. The fraction of sp³-hybridized carbons (Fsp3) is 0.143. The lowest BCUT2D eigenvalue weighted by Gasteiger charge is -2.13. The Morgan fingerprint density at radius 2 is 1.68 bits per heavy atom. The van der Waals surface area contributed by atoms with Crippen molar-refractivity contribution in [3.63, 3.8) is 0 Å². The number of carbonyl (C=O) groups is 1. The van der Waals surface area contributed by atoms with E-state index in [9.17, 15) is 18.0 Å². The molecule has 9 nitrogen and oxygen atoms in total. The topological polar surface area (TPSA) is 113 Å². The first-order valence-corrected chi connectivity index (χ1v) is 10.7. The number of nitrogens with zero attached hydrogens (tertiary/aromatic N) is 2. The van der Waals surface area contributed by atoms with E-state index in [0.717, 1.165) is 0 Å². The molecule has 4 aromatic rings. The normalized spacial score (nSPS) is 11.6. The van der Waals surface area contributed by atoms with E-state index >= 15 is 0 Å². The molecule has 0 saturated heterocycles. The second kappa shape index (κ2) is 7.47. The van der Waals surface area contributed by atoms with Crippen LogP contribution in [0.15, 0.2) is 73.8 Å². The van der Waals surface area contributed by atoms with Crippen molar-refractivity contribution in [3.8, 4) is 5.75 Å². The lowest BCUT2D eigenvalue weighted by atomic mass is 10.2. The monoisotopic (exact) mass is 441 g/mol. The van der Waals surface area contributed by atoms with E-state index in [0.29, 0.717) is 16.8 Å². The molecule has 0 aliphatic rings. The van der Waals surface area contributed by atoms with E-state index in [-0.39, 0.29) is 26.9 Å². The van der Waals surface area contributed by atoms with Crippen LogP contribution in [0, 0.1) is 0 Å². The van der Waals surface area contributed by atoms with Crippen molar-refractivity contribution in [2.45, 2.75) is 9.79 Å². The number of amides is 1. The molecule has 4 rings (SSSR count). The van der Waals surface area contributed by atoms with Crippen LogP contribution in [-0.2, 0) is 23.9 Å². The molecule has 0 spiro atoms. The molecule has 1 amide bonds. The van der Waals surface area contributed by atoms with Gasteiger partial charge in [0.05, 0.1) is 39.9 Å². The minimum absolute atomic E-state index is 0.0158. The molecule has 31 heavy (non-hydrogen) atoms. The minimum atomic E-state index is -4.05. The van der Waals surface area contributed by atoms with Gasteiger partial charge in [0.15, 0.2) is 5.76 Å². The van der Waals surface area contributed by atoms with Gasteiger partial charge in [0.25, 0.3) is 5.91 Å². The second-order valence-corrected chi connectivity index (χ2v) is 8.77. The highest BCUT2D eigenvalue weighted by Crippen LogP contribution is 2.32. The summed E-state index contributed by atoms with van der Waals surface area (Å²) in [5.41, 5.74) is 0.592. The lowest BCUT2D eigenvalue weighted by Crippen LogP contribution is -2.19. The summed E-state index contributed by atoms with van der Waals surface area (Å²) < 4.78 is 39.8. The van der Waals surface area contributed by atoms with Gasteiger partial charge in [-0.1, -0.05) is 0 Å². The number of ether oxygens (including phenoxy) is 1. The molecule has 0 fully saturated rings. The van der Waals surface area contributed by atoms with E-state index in [1.807, 2.05) is 0 Å². The summed E-state index contributed by atoms with van der Waals surface area (Å²) in [5.74, 6) is -0.0856. The van der Waals surface area contributed by atoms with E-state index in [1.54, 1.807) is 20.2 Å². The third-order valence-corrected chi connectivity index (χ3v) is 6.84. The van der Waals surface area contributed by atoms with E-state index in [4.69, 9.17) is 9.15 Å². The largest absolute Gasteiger partial charge is 0.497 e. The molecule has 0 aliphatic heterocycles.